The molecule has 0 fully saturated rings. The molecule has 164 valence electrons. The highest BCUT2D eigenvalue weighted by molar-refractivity contribution is 6.33. The molecular weight excluding hydrogens is 414 g/mol. The normalized spacial score (nSPS) is 11.2. The largest absolute Gasteiger partial charge is 0.494 e. The molecule has 1 heterocycles. The monoisotopic (exact) mass is 441 g/mol. The van der Waals surface area contributed by atoms with E-state index in [0.717, 1.165) is 12.2 Å². The second kappa shape index (κ2) is 10.4. The fourth-order valence-electron chi connectivity index (χ4n) is 2.97. The molecule has 7 heteroatoms. The molecule has 0 radical (unpaired) electrons. The maximum absolute atomic E-state index is 13.1. The third kappa shape index (κ3) is 6.07. The molecule has 3 aromatic rings. The van der Waals surface area contributed by atoms with Crippen molar-refractivity contribution in [2.75, 3.05) is 6.61 Å². The average Bonchev–Trinajstić information content (AvgIpc) is 3.20. The van der Waals surface area contributed by atoms with Crippen LogP contribution in [0.3, 0.4) is 0 Å². The van der Waals surface area contributed by atoms with E-state index in [1.165, 1.54) is 0 Å². The molecule has 0 N–H and O–H groups in total. The summed E-state index contributed by atoms with van der Waals surface area (Å²) in [5.74, 6) is 1.92. The Morgan fingerprint density at radius 3 is 2.42 bits per heavy atom. The zero-order valence-corrected chi connectivity index (χ0v) is 19.1. The van der Waals surface area contributed by atoms with Crippen molar-refractivity contribution in [1.82, 2.24) is 15.1 Å². The lowest BCUT2D eigenvalue weighted by Crippen LogP contribution is -2.36. The minimum atomic E-state index is -0.110. The van der Waals surface area contributed by atoms with Crippen molar-refractivity contribution >= 4 is 17.5 Å². The van der Waals surface area contributed by atoms with E-state index in [0.29, 0.717) is 40.5 Å². The lowest BCUT2D eigenvalue weighted by molar-refractivity contribution is 0.0672. The van der Waals surface area contributed by atoms with Crippen LogP contribution in [0.1, 0.15) is 50.4 Å². The molecule has 0 spiro atoms. The number of amides is 1. The highest BCUT2D eigenvalue weighted by Gasteiger charge is 2.22. The molecule has 1 aromatic heterocycles. The Balaban J connectivity index is 1.69. The standard InChI is InChI=1S/C24H28ClN3O3/c1-16(2)13-14-30-19-11-9-18(10-12-19)24(29)28(17(3)4)15-22-26-27-23(31-22)20-7-5-6-8-21(20)25/h5-12,16-17H,13-15H2,1-4H3. The lowest BCUT2D eigenvalue weighted by Gasteiger charge is -2.25. The second-order valence-corrected chi connectivity index (χ2v) is 8.47. The van der Waals surface area contributed by atoms with Crippen molar-refractivity contribution in [2.24, 2.45) is 5.92 Å². The zero-order chi connectivity index (χ0) is 22.4. The van der Waals surface area contributed by atoms with Gasteiger partial charge >= 0.3 is 0 Å². The van der Waals surface area contributed by atoms with Crippen molar-refractivity contribution in [3.8, 4) is 17.2 Å². The molecule has 0 aliphatic carbocycles. The SMILES string of the molecule is CC(C)CCOc1ccc(C(=O)N(Cc2nnc(-c3ccccc3Cl)o2)C(C)C)cc1. The van der Waals surface area contributed by atoms with Crippen LogP contribution in [-0.2, 0) is 6.54 Å². The molecule has 0 saturated carbocycles. The van der Waals surface area contributed by atoms with E-state index in [9.17, 15) is 4.79 Å². The van der Waals surface area contributed by atoms with Crippen molar-refractivity contribution in [2.45, 2.75) is 46.7 Å². The third-order valence-electron chi connectivity index (χ3n) is 4.83. The van der Waals surface area contributed by atoms with E-state index >= 15 is 0 Å². The van der Waals surface area contributed by atoms with E-state index in [-0.39, 0.29) is 18.5 Å². The summed E-state index contributed by atoms with van der Waals surface area (Å²) in [6.45, 7) is 9.09. The van der Waals surface area contributed by atoms with Crippen LogP contribution in [0.4, 0.5) is 0 Å². The van der Waals surface area contributed by atoms with Crippen LogP contribution in [0.15, 0.2) is 52.9 Å². The Hall–Kier alpha value is -2.86. The van der Waals surface area contributed by atoms with E-state index < -0.39 is 0 Å². The average molecular weight is 442 g/mol. The van der Waals surface area contributed by atoms with Crippen LogP contribution >= 0.6 is 11.6 Å². The van der Waals surface area contributed by atoms with Gasteiger partial charge < -0.3 is 14.1 Å². The van der Waals surface area contributed by atoms with Gasteiger partial charge in [0.1, 0.15) is 5.75 Å². The number of carbonyl (C=O) groups is 1. The fraction of sp³-hybridized carbons (Fsp3) is 0.375. The molecular formula is C24H28ClN3O3. The minimum absolute atomic E-state index is 0.0508. The van der Waals surface area contributed by atoms with Crippen LogP contribution in [0.25, 0.3) is 11.5 Å². The second-order valence-electron chi connectivity index (χ2n) is 8.06. The number of carbonyl (C=O) groups excluding carboxylic acids is 1. The number of hydrogen-bond donors (Lipinski definition) is 0. The molecule has 3 rings (SSSR count). The van der Waals surface area contributed by atoms with Crippen molar-refractivity contribution in [1.29, 1.82) is 0 Å². The number of aromatic nitrogens is 2. The molecule has 0 aliphatic rings. The van der Waals surface area contributed by atoms with Gasteiger partial charge in [0.2, 0.25) is 11.8 Å². The van der Waals surface area contributed by atoms with Gasteiger partial charge in [-0.05, 0) is 62.6 Å². The molecule has 31 heavy (non-hydrogen) atoms. The topological polar surface area (TPSA) is 68.5 Å². The molecule has 0 bridgehead atoms. The zero-order valence-electron chi connectivity index (χ0n) is 18.3. The molecule has 6 nitrogen and oxygen atoms in total. The molecule has 1 amide bonds. The lowest BCUT2D eigenvalue weighted by atomic mass is 10.1. The first kappa shape index (κ1) is 22.8. The van der Waals surface area contributed by atoms with Gasteiger partial charge in [-0.1, -0.05) is 37.6 Å². The molecule has 0 atom stereocenters. The number of hydrogen-bond acceptors (Lipinski definition) is 5. The van der Waals surface area contributed by atoms with Crippen LogP contribution < -0.4 is 4.74 Å². The summed E-state index contributed by atoms with van der Waals surface area (Å²) in [4.78, 5) is 14.8. The van der Waals surface area contributed by atoms with Crippen LogP contribution in [-0.4, -0.2) is 33.7 Å². The first-order valence-corrected chi connectivity index (χ1v) is 10.8. The summed E-state index contributed by atoms with van der Waals surface area (Å²) in [6.07, 6.45) is 0.988. The van der Waals surface area contributed by atoms with E-state index in [4.69, 9.17) is 20.8 Å². The van der Waals surface area contributed by atoms with Crippen molar-refractivity contribution in [3.63, 3.8) is 0 Å². The van der Waals surface area contributed by atoms with Gasteiger partial charge in [-0.25, -0.2) is 0 Å². The van der Waals surface area contributed by atoms with E-state index in [1.54, 1.807) is 23.1 Å². The quantitative estimate of drug-likeness (QED) is 0.415. The number of rotatable bonds is 9. The van der Waals surface area contributed by atoms with Gasteiger partial charge in [0.25, 0.3) is 5.91 Å². The van der Waals surface area contributed by atoms with Gasteiger partial charge in [0, 0.05) is 11.6 Å². The van der Waals surface area contributed by atoms with Crippen LogP contribution in [0.2, 0.25) is 5.02 Å². The maximum Gasteiger partial charge on any atom is 0.254 e. The first-order chi connectivity index (χ1) is 14.8. The summed E-state index contributed by atoms with van der Waals surface area (Å²) >= 11 is 6.21. The van der Waals surface area contributed by atoms with E-state index in [2.05, 4.69) is 24.0 Å². The molecule has 2 aromatic carbocycles. The maximum atomic E-state index is 13.1. The van der Waals surface area contributed by atoms with Crippen LogP contribution in [0, 0.1) is 5.92 Å². The Kier molecular flexibility index (Phi) is 7.69. The predicted molar refractivity (Wildman–Crippen MR) is 121 cm³/mol. The number of nitrogens with zero attached hydrogens (tertiary/aromatic N) is 3. The fourth-order valence-corrected chi connectivity index (χ4v) is 3.18. The highest BCUT2D eigenvalue weighted by Crippen LogP contribution is 2.27. The number of benzene rings is 2. The Morgan fingerprint density at radius 2 is 1.77 bits per heavy atom. The minimum Gasteiger partial charge on any atom is -0.494 e. The summed E-state index contributed by atoms with van der Waals surface area (Å²) in [7, 11) is 0. The Bertz CT molecular complexity index is 999. The van der Waals surface area contributed by atoms with Gasteiger partial charge in [-0.15, -0.1) is 10.2 Å². The summed E-state index contributed by atoms with van der Waals surface area (Å²) in [6, 6.07) is 14.4. The van der Waals surface area contributed by atoms with Gasteiger partial charge in [-0.2, -0.15) is 0 Å². The smallest absolute Gasteiger partial charge is 0.254 e. The Labute approximate surface area is 188 Å². The number of ether oxygens (including phenoxy) is 1. The summed E-state index contributed by atoms with van der Waals surface area (Å²) in [5, 5.41) is 8.73. The third-order valence-corrected chi connectivity index (χ3v) is 5.16. The van der Waals surface area contributed by atoms with E-state index in [1.807, 2.05) is 44.2 Å². The van der Waals surface area contributed by atoms with Gasteiger partial charge in [-0.3, -0.25) is 4.79 Å². The summed E-state index contributed by atoms with van der Waals surface area (Å²) < 4.78 is 11.5. The van der Waals surface area contributed by atoms with Crippen molar-refractivity contribution < 1.29 is 13.9 Å². The Morgan fingerprint density at radius 1 is 1.06 bits per heavy atom. The van der Waals surface area contributed by atoms with Crippen LogP contribution in [0.5, 0.6) is 5.75 Å². The van der Waals surface area contributed by atoms with Gasteiger partial charge in [0.15, 0.2) is 0 Å². The predicted octanol–water partition coefficient (Wildman–Crippen LogP) is 5.87. The van der Waals surface area contributed by atoms with Gasteiger partial charge in [0.05, 0.1) is 23.7 Å². The molecule has 0 unspecified atom stereocenters. The molecule has 0 aliphatic heterocycles. The molecule has 0 saturated heterocycles. The number of halogens is 1. The summed E-state index contributed by atoms with van der Waals surface area (Å²) in [5.41, 5.74) is 1.24. The first-order valence-electron chi connectivity index (χ1n) is 10.5. The highest BCUT2D eigenvalue weighted by atomic mass is 35.5. The van der Waals surface area contributed by atoms with Crippen molar-refractivity contribution in [3.05, 3.63) is 65.0 Å².